The summed E-state index contributed by atoms with van der Waals surface area (Å²) in [4.78, 5) is 11.7. The smallest absolute Gasteiger partial charge is 0.137 e. The van der Waals surface area contributed by atoms with E-state index >= 15 is 0 Å². The maximum atomic E-state index is 4.73. The van der Waals surface area contributed by atoms with Gasteiger partial charge in [-0.2, -0.15) is 0 Å². The van der Waals surface area contributed by atoms with E-state index in [1.807, 2.05) is 7.05 Å². The molecule has 4 heteroatoms. The fourth-order valence-corrected chi connectivity index (χ4v) is 2.64. The molecule has 1 aliphatic rings. The van der Waals surface area contributed by atoms with Gasteiger partial charge in [0.1, 0.15) is 17.5 Å². The standard InChI is InChI=1S/C14H24N4/c1-5-12-16-13(15-4)11(3)14(17-12)18-8-6-7-10(2)9-18/h10H,5-9H2,1-4H3,(H,15,16,17). The largest absolute Gasteiger partial charge is 0.373 e. The van der Waals surface area contributed by atoms with Crippen LogP contribution in [-0.4, -0.2) is 30.1 Å². The topological polar surface area (TPSA) is 41.1 Å². The van der Waals surface area contributed by atoms with Crippen LogP contribution >= 0.6 is 0 Å². The molecule has 4 nitrogen and oxygen atoms in total. The minimum absolute atomic E-state index is 0.760. The van der Waals surface area contributed by atoms with Gasteiger partial charge >= 0.3 is 0 Å². The molecule has 1 aromatic rings. The van der Waals surface area contributed by atoms with E-state index < -0.39 is 0 Å². The van der Waals surface area contributed by atoms with Gasteiger partial charge in [0.2, 0.25) is 0 Å². The SMILES string of the molecule is CCc1nc(NC)c(C)c(N2CCCC(C)C2)n1. The highest BCUT2D eigenvalue weighted by Crippen LogP contribution is 2.27. The van der Waals surface area contributed by atoms with Gasteiger partial charge in [0.15, 0.2) is 0 Å². The van der Waals surface area contributed by atoms with Crippen LogP contribution < -0.4 is 10.2 Å². The second kappa shape index (κ2) is 5.55. The van der Waals surface area contributed by atoms with Crippen molar-refractivity contribution in [1.82, 2.24) is 9.97 Å². The predicted molar refractivity (Wildman–Crippen MR) is 76.3 cm³/mol. The number of aromatic nitrogens is 2. The molecule has 1 unspecified atom stereocenters. The molecule has 0 spiro atoms. The molecule has 2 rings (SSSR count). The minimum Gasteiger partial charge on any atom is -0.373 e. The van der Waals surface area contributed by atoms with E-state index in [-0.39, 0.29) is 0 Å². The fraction of sp³-hybridized carbons (Fsp3) is 0.714. The Labute approximate surface area is 110 Å². The minimum atomic E-state index is 0.760. The molecule has 0 aromatic carbocycles. The van der Waals surface area contributed by atoms with Gasteiger partial charge in [0, 0.05) is 32.1 Å². The number of hydrogen-bond acceptors (Lipinski definition) is 4. The Hall–Kier alpha value is -1.32. The van der Waals surface area contributed by atoms with Crippen LogP contribution in [0.2, 0.25) is 0 Å². The molecule has 1 aliphatic heterocycles. The van der Waals surface area contributed by atoms with E-state index in [1.165, 1.54) is 18.4 Å². The Balaban J connectivity index is 2.35. The van der Waals surface area contributed by atoms with E-state index in [1.54, 1.807) is 0 Å². The van der Waals surface area contributed by atoms with Gasteiger partial charge in [0.25, 0.3) is 0 Å². The quantitative estimate of drug-likeness (QED) is 0.892. The first-order valence-electron chi connectivity index (χ1n) is 6.95. The fourth-order valence-electron chi connectivity index (χ4n) is 2.64. The van der Waals surface area contributed by atoms with Crippen LogP contribution in [0.15, 0.2) is 0 Å². The Morgan fingerprint density at radius 3 is 2.78 bits per heavy atom. The third-order valence-corrected chi connectivity index (χ3v) is 3.68. The molecular weight excluding hydrogens is 224 g/mol. The van der Waals surface area contributed by atoms with Gasteiger partial charge < -0.3 is 10.2 Å². The number of nitrogens with zero attached hydrogens (tertiary/aromatic N) is 3. The third-order valence-electron chi connectivity index (χ3n) is 3.68. The van der Waals surface area contributed by atoms with Crippen molar-refractivity contribution < 1.29 is 0 Å². The predicted octanol–water partition coefficient (Wildman–Crippen LogP) is 2.63. The van der Waals surface area contributed by atoms with E-state index in [0.717, 1.165) is 42.9 Å². The molecule has 2 heterocycles. The maximum Gasteiger partial charge on any atom is 0.137 e. The average molecular weight is 248 g/mol. The van der Waals surface area contributed by atoms with Gasteiger partial charge in [-0.25, -0.2) is 9.97 Å². The third kappa shape index (κ3) is 2.57. The lowest BCUT2D eigenvalue weighted by atomic mass is 10.00. The van der Waals surface area contributed by atoms with Crippen LogP contribution in [0.4, 0.5) is 11.6 Å². The lowest BCUT2D eigenvalue weighted by Gasteiger charge is -2.33. The monoisotopic (exact) mass is 248 g/mol. The van der Waals surface area contributed by atoms with E-state index in [0.29, 0.717) is 0 Å². The molecule has 0 bridgehead atoms. The van der Waals surface area contributed by atoms with Crippen molar-refractivity contribution in [2.75, 3.05) is 30.4 Å². The molecule has 1 atom stereocenters. The normalized spacial score (nSPS) is 20.0. The average Bonchev–Trinajstić information content (AvgIpc) is 2.39. The van der Waals surface area contributed by atoms with Gasteiger partial charge in [-0.15, -0.1) is 0 Å². The van der Waals surface area contributed by atoms with Gasteiger partial charge in [0.05, 0.1) is 0 Å². The first-order valence-corrected chi connectivity index (χ1v) is 6.95. The number of rotatable bonds is 3. The summed E-state index contributed by atoms with van der Waals surface area (Å²) in [6.45, 7) is 8.77. The van der Waals surface area contributed by atoms with Crippen LogP contribution in [-0.2, 0) is 6.42 Å². The van der Waals surface area contributed by atoms with Crippen LogP contribution in [0.25, 0.3) is 0 Å². The van der Waals surface area contributed by atoms with Crippen molar-refractivity contribution >= 4 is 11.6 Å². The van der Waals surface area contributed by atoms with E-state index in [9.17, 15) is 0 Å². The molecule has 0 amide bonds. The number of anilines is 2. The zero-order valence-electron chi connectivity index (χ0n) is 12.0. The van der Waals surface area contributed by atoms with Gasteiger partial charge in [-0.1, -0.05) is 13.8 Å². The summed E-state index contributed by atoms with van der Waals surface area (Å²) in [6, 6.07) is 0. The molecule has 0 saturated carbocycles. The maximum absolute atomic E-state index is 4.73. The van der Waals surface area contributed by atoms with Gasteiger partial charge in [-0.05, 0) is 25.7 Å². The Morgan fingerprint density at radius 2 is 2.17 bits per heavy atom. The number of nitrogens with one attached hydrogen (secondary N) is 1. The summed E-state index contributed by atoms with van der Waals surface area (Å²) in [5.41, 5.74) is 1.17. The van der Waals surface area contributed by atoms with Crippen LogP contribution in [0, 0.1) is 12.8 Å². The van der Waals surface area contributed by atoms with Crippen LogP contribution in [0.5, 0.6) is 0 Å². The van der Waals surface area contributed by atoms with Crippen LogP contribution in [0.1, 0.15) is 38.1 Å². The zero-order valence-corrected chi connectivity index (χ0v) is 12.0. The summed E-state index contributed by atoms with van der Waals surface area (Å²) in [5, 5.41) is 3.18. The second-order valence-corrected chi connectivity index (χ2v) is 5.23. The molecule has 1 fully saturated rings. The van der Waals surface area contributed by atoms with Crippen molar-refractivity contribution in [3.63, 3.8) is 0 Å². The lowest BCUT2D eigenvalue weighted by Crippen LogP contribution is -2.35. The molecule has 18 heavy (non-hydrogen) atoms. The molecule has 1 aromatic heterocycles. The summed E-state index contributed by atoms with van der Waals surface area (Å²) < 4.78 is 0. The van der Waals surface area contributed by atoms with E-state index in [2.05, 4.69) is 36.0 Å². The summed E-state index contributed by atoms with van der Waals surface area (Å²) in [6.07, 6.45) is 3.48. The highest BCUT2D eigenvalue weighted by atomic mass is 15.2. The Bertz CT molecular complexity index is 417. The van der Waals surface area contributed by atoms with Crippen molar-refractivity contribution in [3.8, 4) is 0 Å². The summed E-state index contributed by atoms with van der Waals surface area (Å²) in [5.74, 6) is 3.78. The van der Waals surface area contributed by atoms with Crippen molar-refractivity contribution in [2.24, 2.45) is 5.92 Å². The molecular formula is C14H24N4. The zero-order chi connectivity index (χ0) is 13.1. The first-order chi connectivity index (χ1) is 8.65. The van der Waals surface area contributed by atoms with Gasteiger partial charge in [-0.3, -0.25) is 0 Å². The lowest BCUT2D eigenvalue weighted by molar-refractivity contribution is 0.443. The van der Waals surface area contributed by atoms with Crippen molar-refractivity contribution in [2.45, 2.75) is 40.0 Å². The number of aryl methyl sites for hydroxylation is 1. The second-order valence-electron chi connectivity index (χ2n) is 5.23. The number of hydrogen-bond donors (Lipinski definition) is 1. The number of piperidine rings is 1. The Morgan fingerprint density at radius 1 is 1.39 bits per heavy atom. The summed E-state index contributed by atoms with van der Waals surface area (Å²) in [7, 11) is 1.93. The first kappa shape index (κ1) is 13.1. The molecule has 1 N–H and O–H groups in total. The van der Waals surface area contributed by atoms with E-state index in [4.69, 9.17) is 4.98 Å². The highest BCUT2D eigenvalue weighted by Gasteiger charge is 2.21. The molecule has 0 aliphatic carbocycles. The molecule has 0 radical (unpaired) electrons. The van der Waals surface area contributed by atoms with Crippen molar-refractivity contribution in [3.05, 3.63) is 11.4 Å². The Kier molecular flexibility index (Phi) is 4.04. The molecule has 100 valence electrons. The summed E-state index contributed by atoms with van der Waals surface area (Å²) >= 11 is 0. The molecule has 1 saturated heterocycles. The highest BCUT2D eigenvalue weighted by molar-refractivity contribution is 5.58. The van der Waals surface area contributed by atoms with Crippen molar-refractivity contribution in [1.29, 1.82) is 0 Å². The van der Waals surface area contributed by atoms with Crippen LogP contribution in [0.3, 0.4) is 0 Å².